The SMILES string of the molecule is Cc1oc(C(=O)O)cc1CNc1ccc(Cl)c(F)c1. The zero-order valence-corrected chi connectivity index (χ0v) is 10.8. The van der Waals surface area contributed by atoms with Crippen molar-refractivity contribution >= 4 is 23.3 Å². The van der Waals surface area contributed by atoms with Crippen LogP contribution in [-0.4, -0.2) is 11.1 Å². The van der Waals surface area contributed by atoms with Crippen molar-refractivity contribution < 1.29 is 18.7 Å². The van der Waals surface area contributed by atoms with E-state index < -0.39 is 11.8 Å². The molecule has 4 nitrogen and oxygen atoms in total. The topological polar surface area (TPSA) is 62.5 Å². The number of hydrogen-bond donors (Lipinski definition) is 2. The van der Waals surface area contributed by atoms with E-state index in [0.717, 1.165) is 0 Å². The minimum Gasteiger partial charge on any atom is -0.475 e. The first-order valence-corrected chi connectivity index (χ1v) is 5.86. The van der Waals surface area contributed by atoms with Crippen molar-refractivity contribution in [3.63, 3.8) is 0 Å². The Morgan fingerprint density at radius 3 is 2.79 bits per heavy atom. The molecular weight excluding hydrogens is 273 g/mol. The van der Waals surface area contributed by atoms with Crippen molar-refractivity contribution in [3.8, 4) is 0 Å². The Balaban J connectivity index is 2.09. The predicted molar refractivity (Wildman–Crippen MR) is 69.1 cm³/mol. The van der Waals surface area contributed by atoms with Crippen molar-refractivity contribution in [2.24, 2.45) is 0 Å². The van der Waals surface area contributed by atoms with E-state index in [4.69, 9.17) is 21.1 Å². The first-order chi connectivity index (χ1) is 8.97. The number of aryl methyl sites for hydroxylation is 1. The summed E-state index contributed by atoms with van der Waals surface area (Å²) in [7, 11) is 0. The number of anilines is 1. The molecule has 0 amide bonds. The molecule has 0 spiro atoms. The van der Waals surface area contributed by atoms with Crippen LogP contribution < -0.4 is 5.32 Å². The number of furan rings is 1. The molecular formula is C13H11ClFNO3. The standard InChI is InChI=1S/C13H11ClFNO3/c1-7-8(4-12(19-7)13(17)18)6-16-9-2-3-10(14)11(15)5-9/h2-5,16H,6H2,1H3,(H,17,18). The van der Waals surface area contributed by atoms with Gasteiger partial charge in [-0.2, -0.15) is 0 Å². The molecule has 6 heteroatoms. The van der Waals surface area contributed by atoms with Gasteiger partial charge in [0.1, 0.15) is 11.6 Å². The lowest BCUT2D eigenvalue weighted by molar-refractivity contribution is 0.0661. The quantitative estimate of drug-likeness (QED) is 0.898. The molecule has 19 heavy (non-hydrogen) atoms. The van der Waals surface area contributed by atoms with Gasteiger partial charge in [-0.15, -0.1) is 0 Å². The smallest absolute Gasteiger partial charge is 0.371 e. The van der Waals surface area contributed by atoms with Crippen LogP contribution in [-0.2, 0) is 6.54 Å². The third-order valence-electron chi connectivity index (χ3n) is 2.63. The molecule has 0 bridgehead atoms. The van der Waals surface area contributed by atoms with Crippen LogP contribution in [0.15, 0.2) is 28.7 Å². The van der Waals surface area contributed by atoms with Crippen LogP contribution in [0.25, 0.3) is 0 Å². The first kappa shape index (κ1) is 13.4. The number of aromatic carboxylic acids is 1. The molecule has 0 unspecified atom stereocenters. The largest absolute Gasteiger partial charge is 0.475 e. The van der Waals surface area contributed by atoms with E-state index in [-0.39, 0.29) is 10.8 Å². The molecule has 2 N–H and O–H groups in total. The number of carboxylic acids is 1. The van der Waals surface area contributed by atoms with E-state index in [1.807, 2.05) is 0 Å². The number of benzene rings is 1. The highest BCUT2D eigenvalue weighted by Crippen LogP contribution is 2.20. The summed E-state index contributed by atoms with van der Waals surface area (Å²) >= 11 is 5.58. The third kappa shape index (κ3) is 3.06. The van der Waals surface area contributed by atoms with E-state index >= 15 is 0 Å². The Morgan fingerprint density at radius 1 is 1.47 bits per heavy atom. The van der Waals surface area contributed by atoms with Crippen LogP contribution in [0.2, 0.25) is 5.02 Å². The Labute approximate surface area is 113 Å². The van der Waals surface area contributed by atoms with E-state index in [2.05, 4.69) is 5.32 Å². The summed E-state index contributed by atoms with van der Waals surface area (Å²) in [4.78, 5) is 10.7. The van der Waals surface area contributed by atoms with Gasteiger partial charge in [0.25, 0.3) is 0 Å². The monoisotopic (exact) mass is 283 g/mol. The second-order valence-electron chi connectivity index (χ2n) is 3.98. The maximum absolute atomic E-state index is 13.2. The van der Waals surface area contributed by atoms with E-state index in [9.17, 15) is 9.18 Å². The Hall–Kier alpha value is -2.01. The summed E-state index contributed by atoms with van der Waals surface area (Å²) in [6.45, 7) is 2.01. The minimum atomic E-state index is -1.12. The number of halogens is 2. The highest BCUT2D eigenvalue weighted by Gasteiger charge is 2.12. The number of nitrogens with one attached hydrogen (secondary N) is 1. The molecule has 0 aliphatic rings. The molecule has 2 rings (SSSR count). The lowest BCUT2D eigenvalue weighted by Crippen LogP contribution is -2.00. The Morgan fingerprint density at radius 2 is 2.21 bits per heavy atom. The van der Waals surface area contributed by atoms with E-state index in [0.29, 0.717) is 23.6 Å². The molecule has 2 aromatic rings. The van der Waals surface area contributed by atoms with Crippen LogP contribution >= 0.6 is 11.6 Å². The van der Waals surface area contributed by atoms with Gasteiger partial charge in [0.05, 0.1) is 5.02 Å². The molecule has 1 aromatic carbocycles. The molecule has 1 heterocycles. The van der Waals surface area contributed by atoms with Gasteiger partial charge in [0.15, 0.2) is 0 Å². The fourth-order valence-corrected chi connectivity index (χ4v) is 1.72. The summed E-state index contributed by atoms with van der Waals surface area (Å²) in [6, 6.07) is 5.80. The summed E-state index contributed by atoms with van der Waals surface area (Å²) < 4.78 is 18.3. The second kappa shape index (κ2) is 5.32. The molecule has 0 radical (unpaired) electrons. The molecule has 0 saturated carbocycles. The van der Waals surface area contributed by atoms with Crippen LogP contribution in [0.5, 0.6) is 0 Å². The molecule has 0 aliphatic carbocycles. The van der Waals surface area contributed by atoms with Crippen molar-refractivity contribution in [2.75, 3.05) is 5.32 Å². The van der Waals surface area contributed by atoms with Gasteiger partial charge >= 0.3 is 5.97 Å². The van der Waals surface area contributed by atoms with Crippen molar-refractivity contribution in [1.82, 2.24) is 0 Å². The third-order valence-corrected chi connectivity index (χ3v) is 2.94. The van der Waals surface area contributed by atoms with Gasteiger partial charge in [0, 0.05) is 17.8 Å². The van der Waals surface area contributed by atoms with Gasteiger partial charge in [0.2, 0.25) is 5.76 Å². The summed E-state index contributed by atoms with van der Waals surface area (Å²) in [6.07, 6.45) is 0. The van der Waals surface area contributed by atoms with Gasteiger partial charge < -0.3 is 14.8 Å². The number of carboxylic acid groups (broad SMARTS) is 1. The zero-order valence-electron chi connectivity index (χ0n) is 10.0. The first-order valence-electron chi connectivity index (χ1n) is 5.49. The molecule has 100 valence electrons. The van der Waals surface area contributed by atoms with Gasteiger partial charge in [-0.05, 0) is 31.2 Å². The Bertz CT molecular complexity index is 624. The maximum Gasteiger partial charge on any atom is 0.371 e. The number of rotatable bonds is 4. The summed E-state index contributed by atoms with van der Waals surface area (Å²) in [5, 5.41) is 11.8. The summed E-state index contributed by atoms with van der Waals surface area (Å²) in [5.41, 5.74) is 1.26. The molecule has 1 aromatic heterocycles. The average molecular weight is 284 g/mol. The van der Waals surface area contributed by atoms with Crippen LogP contribution in [0.4, 0.5) is 10.1 Å². The lowest BCUT2D eigenvalue weighted by Gasteiger charge is -2.06. The maximum atomic E-state index is 13.2. The highest BCUT2D eigenvalue weighted by atomic mass is 35.5. The molecule has 0 fully saturated rings. The molecule has 0 saturated heterocycles. The summed E-state index contributed by atoms with van der Waals surface area (Å²) in [5.74, 6) is -1.23. The van der Waals surface area contributed by atoms with Crippen LogP contribution in [0.1, 0.15) is 21.9 Å². The van der Waals surface area contributed by atoms with Gasteiger partial charge in [-0.3, -0.25) is 0 Å². The Kier molecular flexibility index (Phi) is 3.76. The van der Waals surface area contributed by atoms with Crippen molar-refractivity contribution in [1.29, 1.82) is 0 Å². The average Bonchev–Trinajstić information content (AvgIpc) is 2.73. The zero-order chi connectivity index (χ0) is 14.0. The number of carbonyl (C=O) groups is 1. The molecule has 0 atom stereocenters. The van der Waals surface area contributed by atoms with Gasteiger partial charge in [-0.25, -0.2) is 9.18 Å². The minimum absolute atomic E-state index is 0.0539. The predicted octanol–water partition coefficient (Wildman–Crippen LogP) is 3.69. The second-order valence-corrected chi connectivity index (χ2v) is 4.39. The lowest BCUT2D eigenvalue weighted by atomic mass is 10.2. The van der Waals surface area contributed by atoms with Crippen molar-refractivity contribution in [2.45, 2.75) is 13.5 Å². The van der Waals surface area contributed by atoms with Gasteiger partial charge in [-0.1, -0.05) is 11.6 Å². The highest BCUT2D eigenvalue weighted by molar-refractivity contribution is 6.30. The van der Waals surface area contributed by atoms with Crippen LogP contribution in [0.3, 0.4) is 0 Å². The van der Waals surface area contributed by atoms with Crippen molar-refractivity contribution in [3.05, 3.63) is 52.2 Å². The molecule has 0 aliphatic heterocycles. The van der Waals surface area contributed by atoms with Crippen LogP contribution in [0, 0.1) is 12.7 Å². The fourth-order valence-electron chi connectivity index (χ4n) is 1.60. The van der Waals surface area contributed by atoms with E-state index in [1.165, 1.54) is 18.2 Å². The number of hydrogen-bond acceptors (Lipinski definition) is 3. The fraction of sp³-hybridized carbons (Fsp3) is 0.154. The normalized spacial score (nSPS) is 10.5. The van der Waals surface area contributed by atoms with E-state index in [1.54, 1.807) is 13.0 Å².